The molecule has 2 aliphatic heterocycles. The summed E-state index contributed by atoms with van der Waals surface area (Å²) in [6.07, 6.45) is 6.06. The molecule has 0 aromatic heterocycles. The molecule has 0 radical (unpaired) electrons. The summed E-state index contributed by atoms with van der Waals surface area (Å²) in [4.78, 5) is 5.25. The fraction of sp³-hybridized carbons (Fsp3) is 0.357. The fourth-order valence-electron chi connectivity index (χ4n) is 5.28. The topological polar surface area (TPSA) is 6.48 Å². The Bertz CT molecular complexity index is 910. The van der Waals surface area contributed by atoms with Crippen molar-refractivity contribution in [3.05, 3.63) is 95.6 Å². The number of aryl methyl sites for hydroxylation is 2. The highest BCUT2D eigenvalue weighted by atomic mass is 15.2. The van der Waals surface area contributed by atoms with Gasteiger partial charge in [-0.25, -0.2) is 0 Å². The first-order chi connectivity index (χ1) is 14.9. The Kier molecular flexibility index (Phi) is 5.85. The van der Waals surface area contributed by atoms with E-state index >= 15 is 0 Å². The molecule has 2 aliphatic rings. The summed E-state index contributed by atoms with van der Waals surface area (Å²) in [5.41, 5.74) is 7.31. The predicted octanol–water partition coefficient (Wildman–Crippen LogP) is 6.19. The van der Waals surface area contributed by atoms with Crippen molar-refractivity contribution in [3.63, 3.8) is 0 Å². The Morgan fingerprint density at radius 1 is 0.633 bits per heavy atom. The van der Waals surface area contributed by atoms with Gasteiger partial charge in [-0.1, -0.05) is 66.7 Å². The Hall–Kier alpha value is -2.58. The summed E-state index contributed by atoms with van der Waals surface area (Å²) in [7, 11) is 0. The number of fused-ring (bicyclic) bond motifs is 2. The number of hydrogen-bond acceptors (Lipinski definition) is 2. The fourth-order valence-corrected chi connectivity index (χ4v) is 5.28. The maximum Gasteiger partial charge on any atom is 0.0443 e. The summed E-state index contributed by atoms with van der Waals surface area (Å²) in [5.74, 6) is 0.742. The SMILES string of the molecule is c1ccc(C2CCN(CCCN3c4ccccc4CCc4ccccc43)CC2)cc1. The number of piperidine rings is 1. The lowest BCUT2D eigenvalue weighted by molar-refractivity contribution is 0.211. The van der Waals surface area contributed by atoms with E-state index in [0.717, 1.165) is 25.3 Å². The van der Waals surface area contributed by atoms with E-state index in [9.17, 15) is 0 Å². The quantitative estimate of drug-likeness (QED) is 0.507. The van der Waals surface area contributed by atoms with Crippen LogP contribution in [0.1, 0.15) is 41.9 Å². The standard InChI is InChI=1S/C28H32N2/c1-2-9-23(10-3-1)24-17-21-29(22-18-24)19-8-20-30-27-13-6-4-11-25(27)15-16-26-12-5-7-14-28(26)30/h1-7,9-14,24H,8,15-22H2. The lowest BCUT2D eigenvalue weighted by atomic mass is 9.89. The Balaban J connectivity index is 1.22. The predicted molar refractivity (Wildman–Crippen MR) is 127 cm³/mol. The normalized spacial score (nSPS) is 17.3. The van der Waals surface area contributed by atoms with Gasteiger partial charge < -0.3 is 9.80 Å². The van der Waals surface area contributed by atoms with Crippen LogP contribution in [0.5, 0.6) is 0 Å². The minimum atomic E-state index is 0.742. The molecule has 0 amide bonds. The van der Waals surface area contributed by atoms with Crippen molar-refractivity contribution in [2.75, 3.05) is 31.1 Å². The average molecular weight is 397 g/mol. The second-order valence-electron chi connectivity index (χ2n) is 8.79. The van der Waals surface area contributed by atoms with Gasteiger partial charge in [0.25, 0.3) is 0 Å². The largest absolute Gasteiger partial charge is 0.341 e. The van der Waals surface area contributed by atoms with Crippen LogP contribution < -0.4 is 4.90 Å². The summed E-state index contributed by atoms with van der Waals surface area (Å²) in [6.45, 7) is 4.74. The number of hydrogen-bond donors (Lipinski definition) is 0. The first-order valence-corrected chi connectivity index (χ1v) is 11.6. The van der Waals surface area contributed by atoms with Crippen LogP contribution >= 0.6 is 0 Å². The highest BCUT2D eigenvalue weighted by Crippen LogP contribution is 2.36. The first-order valence-electron chi connectivity index (χ1n) is 11.6. The third kappa shape index (κ3) is 4.15. The molecule has 1 fully saturated rings. The van der Waals surface area contributed by atoms with Gasteiger partial charge in [0.2, 0.25) is 0 Å². The van der Waals surface area contributed by atoms with E-state index in [1.165, 1.54) is 67.0 Å². The summed E-state index contributed by atoms with van der Waals surface area (Å²) in [5, 5.41) is 0. The van der Waals surface area contributed by atoms with E-state index in [-0.39, 0.29) is 0 Å². The number of benzene rings is 3. The average Bonchev–Trinajstić information content (AvgIpc) is 2.97. The van der Waals surface area contributed by atoms with Crippen LogP contribution in [0.4, 0.5) is 11.4 Å². The third-order valence-corrected chi connectivity index (χ3v) is 6.94. The molecule has 0 atom stereocenters. The van der Waals surface area contributed by atoms with Gasteiger partial charge in [-0.2, -0.15) is 0 Å². The first kappa shape index (κ1) is 19.4. The number of likely N-dealkylation sites (tertiary alicyclic amines) is 1. The van der Waals surface area contributed by atoms with Crippen molar-refractivity contribution >= 4 is 11.4 Å². The molecule has 0 unspecified atom stereocenters. The van der Waals surface area contributed by atoms with Crippen LogP contribution in [-0.2, 0) is 12.8 Å². The van der Waals surface area contributed by atoms with Crippen molar-refractivity contribution < 1.29 is 0 Å². The molecule has 30 heavy (non-hydrogen) atoms. The minimum absolute atomic E-state index is 0.742. The van der Waals surface area contributed by atoms with Crippen LogP contribution in [0.15, 0.2) is 78.9 Å². The van der Waals surface area contributed by atoms with E-state index in [4.69, 9.17) is 0 Å². The van der Waals surface area contributed by atoms with Crippen molar-refractivity contribution in [2.45, 2.75) is 38.0 Å². The number of para-hydroxylation sites is 2. The highest BCUT2D eigenvalue weighted by Gasteiger charge is 2.22. The molecule has 0 bridgehead atoms. The Morgan fingerprint density at radius 3 is 1.83 bits per heavy atom. The molecule has 154 valence electrons. The van der Waals surface area contributed by atoms with Crippen LogP contribution in [0.2, 0.25) is 0 Å². The molecular weight excluding hydrogens is 364 g/mol. The maximum absolute atomic E-state index is 2.68. The van der Waals surface area contributed by atoms with Crippen molar-refractivity contribution in [3.8, 4) is 0 Å². The van der Waals surface area contributed by atoms with E-state index in [2.05, 4.69) is 88.7 Å². The van der Waals surface area contributed by atoms with Crippen LogP contribution in [0.25, 0.3) is 0 Å². The molecule has 5 rings (SSSR count). The zero-order chi connectivity index (χ0) is 20.2. The molecule has 3 aromatic carbocycles. The molecule has 1 saturated heterocycles. The van der Waals surface area contributed by atoms with Crippen LogP contribution in [-0.4, -0.2) is 31.1 Å². The lowest BCUT2D eigenvalue weighted by Crippen LogP contribution is -2.35. The summed E-state index contributed by atoms with van der Waals surface area (Å²) >= 11 is 0. The van der Waals surface area contributed by atoms with Gasteiger partial charge in [-0.05, 0) is 86.5 Å². The maximum atomic E-state index is 2.68. The Morgan fingerprint density at radius 2 is 1.20 bits per heavy atom. The molecule has 0 N–H and O–H groups in total. The molecule has 3 aromatic rings. The summed E-state index contributed by atoms with van der Waals surface area (Å²) in [6, 6.07) is 29.1. The number of rotatable bonds is 5. The molecule has 0 spiro atoms. The van der Waals surface area contributed by atoms with Crippen LogP contribution in [0, 0.1) is 0 Å². The monoisotopic (exact) mass is 396 g/mol. The van der Waals surface area contributed by atoms with Gasteiger partial charge in [0.15, 0.2) is 0 Å². The molecular formula is C28H32N2. The van der Waals surface area contributed by atoms with Crippen LogP contribution in [0.3, 0.4) is 0 Å². The van der Waals surface area contributed by atoms with Crippen molar-refractivity contribution in [1.29, 1.82) is 0 Å². The smallest absolute Gasteiger partial charge is 0.0443 e. The van der Waals surface area contributed by atoms with E-state index < -0.39 is 0 Å². The van der Waals surface area contributed by atoms with Gasteiger partial charge in [0.05, 0.1) is 0 Å². The van der Waals surface area contributed by atoms with Gasteiger partial charge in [-0.3, -0.25) is 0 Å². The Labute approximate surface area is 181 Å². The minimum Gasteiger partial charge on any atom is -0.341 e. The van der Waals surface area contributed by atoms with Gasteiger partial charge in [0.1, 0.15) is 0 Å². The molecule has 0 aliphatic carbocycles. The van der Waals surface area contributed by atoms with Crippen molar-refractivity contribution in [2.24, 2.45) is 0 Å². The zero-order valence-electron chi connectivity index (χ0n) is 17.8. The molecule has 2 heteroatoms. The van der Waals surface area contributed by atoms with Crippen molar-refractivity contribution in [1.82, 2.24) is 4.90 Å². The molecule has 2 heterocycles. The van der Waals surface area contributed by atoms with Gasteiger partial charge >= 0.3 is 0 Å². The molecule has 0 saturated carbocycles. The second kappa shape index (κ2) is 9.06. The number of nitrogens with zero attached hydrogens (tertiary/aromatic N) is 2. The zero-order valence-corrected chi connectivity index (χ0v) is 17.8. The third-order valence-electron chi connectivity index (χ3n) is 6.94. The van der Waals surface area contributed by atoms with Gasteiger partial charge in [-0.15, -0.1) is 0 Å². The van der Waals surface area contributed by atoms with E-state index in [0.29, 0.717) is 0 Å². The lowest BCUT2D eigenvalue weighted by Gasteiger charge is -2.33. The van der Waals surface area contributed by atoms with Gasteiger partial charge in [0, 0.05) is 17.9 Å². The summed E-state index contributed by atoms with van der Waals surface area (Å²) < 4.78 is 0. The highest BCUT2D eigenvalue weighted by molar-refractivity contribution is 5.71. The second-order valence-corrected chi connectivity index (χ2v) is 8.79. The van der Waals surface area contributed by atoms with E-state index in [1.54, 1.807) is 0 Å². The molecule has 2 nitrogen and oxygen atoms in total. The van der Waals surface area contributed by atoms with E-state index in [1.807, 2.05) is 0 Å². The number of anilines is 2.